The first-order valence-electron chi connectivity index (χ1n) is 14.1. The normalized spacial score (nSPS) is 12.7. The van der Waals surface area contributed by atoms with Gasteiger partial charge in [-0.2, -0.15) is 26.3 Å². The summed E-state index contributed by atoms with van der Waals surface area (Å²) < 4.78 is 118. The van der Waals surface area contributed by atoms with Crippen LogP contribution in [-0.2, 0) is 33.4 Å². The maximum absolute atomic E-state index is 12.4. The summed E-state index contributed by atoms with van der Waals surface area (Å²) in [6, 6.07) is 27.0. The van der Waals surface area contributed by atoms with Gasteiger partial charge in [0.1, 0.15) is 32.2 Å². The van der Waals surface area contributed by atoms with Crippen molar-refractivity contribution in [1.29, 1.82) is 0 Å². The molecule has 4 aromatic carbocycles. The van der Waals surface area contributed by atoms with E-state index in [1.807, 2.05) is 6.07 Å². The van der Waals surface area contributed by atoms with Gasteiger partial charge >= 0.3 is 12.4 Å². The van der Waals surface area contributed by atoms with E-state index >= 15 is 0 Å². The SMILES string of the molecule is CC(C)(C)Oc1cccc(OC(C)(C)C)c1[S+](c1ccccc1)c1ccccc1.O=S(=O)([O-])c1ccc(C(F)(F)F)cc1C(F)(F)F. The zero-order chi connectivity index (χ0) is 35.4. The molecule has 0 unspecified atom stereocenters. The molecule has 0 aliphatic carbocycles. The lowest BCUT2D eigenvalue weighted by atomic mass is 10.1. The molecule has 0 N–H and O–H groups in total. The summed E-state index contributed by atoms with van der Waals surface area (Å²) in [4.78, 5) is 1.84. The second-order valence-electron chi connectivity index (χ2n) is 12.1. The molecule has 4 aromatic rings. The molecule has 0 fully saturated rings. The third kappa shape index (κ3) is 10.9. The van der Waals surface area contributed by atoms with Crippen LogP contribution in [0.3, 0.4) is 0 Å². The van der Waals surface area contributed by atoms with Crippen LogP contribution in [-0.4, -0.2) is 24.2 Å². The van der Waals surface area contributed by atoms with Gasteiger partial charge in [-0.15, -0.1) is 0 Å². The predicted octanol–water partition coefficient (Wildman–Crippen LogP) is 9.76. The Morgan fingerprint density at radius 3 is 1.36 bits per heavy atom. The van der Waals surface area contributed by atoms with Crippen molar-refractivity contribution in [2.75, 3.05) is 0 Å². The third-order valence-corrected chi connectivity index (χ3v) is 9.01. The monoisotopic (exact) mass is 700 g/mol. The molecule has 0 amide bonds. The van der Waals surface area contributed by atoms with Crippen molar-refractivity contribution in [2.24, 2.45) is 0 Å². The minimum atomic E-state index is -5.52. The Morgan fingerprint density at radius 1 is 0.596 bits per heavy atom. The number of hydrogen-bond acceptors (Lipinski definition) is 5. The van der Waals surface area contributed by atoms with Crippen LogP contribution in [0.25, 0.3) is 0 Å². The molecular formula is C34H34F6O5S2. The standard InChI is InChI=1S/C26H31O2S.C8H4F6O3S/c1-25(2,3)27-22-18-13-19-23(28-26(4,5)6)24(22)29(20-14-9-7-10-15-20)21-16-11-8-12-17-21;9-7(10,11)4-1-2-6(18(15,16)17)5(3-4)8(12,13)14/h7-19H,1-6H3;1-3H,(H,15,16,17)/q+1;/p-1. The maximum atomic E-state index is 12.4. The van der Waals surface area contributed by atoms with Gasteiger partial charge in [-0.25, -0.2) is 8.42 Å². The van der Waals surface area contributed by atoms with Crippen LogP contribution in [0.4, 0.5) is 26.3 Å². The number of rotatable bonds is 6. The van der Waals surface area contributed by atoms with Crippen molar-refractivity contribution in [1.82, 2.24) is 0 Å². The van der Waals surface area contributed by atoms with Gasteiger partial charge in [0.05, 0.1) is 16.0 Å². The molecule has 0 aliphatic rings. The summed E-state index contributed by atoms with van der Waals surface area (Å²) >= 11 is 0. The first kappa shape index (κ1) is 37.8. The molecule has 5 nitrogen and oxygen atoms in total. The lowest BCUT2D eigenvalue weighted by molar-refractivity contribution is -0.144. The quantitative estimate of drug-likeness (QED) is 0.114. The fourth-order valence-corrected chi connectivity index (χ4v) is 7.05. The Bertz CT molecular complexity index is 1670. The Labute approximate surface area is 273 Å². The van der Waals surface area contributed by atoms with E-state index in [2.05, 4.69) is 114 Å². The highest BCUT2D eigenvalue weighted by atomic mass is 32.2. The van der Waals surface area contributed by atoms with E-state index in [9.17, 15) is 39.3 Å². The molecule has 47 heavy (non-hydrogen) atoms. The van der Waals surface area contributed by atoms with Crippen LogP contribution < -0.4 is 9.47 Å². The Balaban J connectivity index is 0.000000287. The van der Waals surface area contributed by atoms with E-state index in [1.54, 1.807) is 0 Å². The molecule has 0 saturated heterocycles. The van der Waals surface area contributed by atoms with E-state index in [4.69, 9.17) is 9.47 Å². The summed E-state index contributed by atoms with van der Waals surface area (Å²) in [6.07, 6.45) is -10.5. The van der Waals surface area contributed by atoms with Crippen molar-refractivity contribution in [3.8, 4) is 11.5 Å². The Morgan fingerprint density at radius 2 is 1.02 bits per heavy atom. The summed E-state index contributed by atoms with van der Waals surface area (Å²) in [5, 5.41) is 0. The van der Waals surface area contributed by atoms with Crippen LogP contribution in [0.1, 0.15) is 52.7 Å². The van der Waals surface area contributed by atoms with Crippen molar-refractivity contribution in [3.63, 3.8) is 0 Å². The van der Waals surface area contributed by atoms with Gasteiger partial charge in [0.2, 0.25) is 4.90 Å². The lowest BCUT2D eigenvalue weighted by Gasteiger charge is -2.26. The van der Waals surface area contributed by atoms with Crippen LogP contribution >= 0.6 is 0 Å². The van der Waals surface area contributed by atoms with E-state index in [0.29, 0.717) is 0 Å². The smallest absolute Gasteiger partial charge is 0.417 e. The Kier molecular flexibility index (Phi) is 11.4. The lowest BCUT2D eigenvalue weighted by Crippen LogP contribution is -2.26. The van der Waals surface area contributed by atoms with Crippen molar-refractivity contribution in [3.05, 3.63) is 108 Å². The van der Waals surface area contributed by atoms with Gasteiger partial charge in [-0.1, -0.05) is 42.5 Å². The Hall–Kier alpha value is -3.68. The van der Waals surface area contributed by atoms with Crippen molar-refractivity contribution >= 4 is 21.0 Å². The van der Waals surface area contributed by atoms with Crippen molar-refractivity contribution < 1.29 is 48.8 Å². The van der Waals surface area contributed by atoms with Gasteiger partial charge in [0, 0.05) is 0 Å². The van der Waals surface area contributed by atoms with Gasteiger partial charge in [0.25, 0.3) is 0 Å². The molecule has 0 heterocycles. The average molecular weight is 701 g/mol. The van der Waals surface area contributed by atoms with E-state index < -0.39 is 44.6 Å². The molecule has 0 bridgehead atoms. The molecule has 0 aliphatic heterocycles. The fourth-order valence-electron chi connectivity index (χ4n) is 4.15. The number of benzene rings is 4. The molecule has 0 saturated carbocycles. The predicted molar refractivity (Wildman–Crippen MR) is 167 cm³/mol. The minimum Gasteiger partial charge on any atom is -0.744 e. The molecule has 13 heteroatoms. The fraction of sp³-hybridized carbons (Fsp3) is 0.294. The summed E-state index contributed by atoms with van der Waals surface area (Å²) in [7, 11) is -5.87. The first-order valence-corrected chi connectivity index (χ1v) is 16.7. The molecular weight excluding hydrogens is 666 g/mol. The zero-order valence-corrected chi connectivity index (χ0v) is 28.0. The highest BCUT2D eigenvalue weighted by Gasteiger charge is 2.40. The molecule has 254 valence electrons. The highest BCUT2D eigenvalue weighted by Crippen LogP contribution is 2.44. The van der Waals surface area contributed by atoms with Crippen LogP contribution in [0.5, 0.6) is 11.5 Å². The topological polar surface area (TPSA) is 75.7 Å². The van der Waals surface area contributed by atoms with Crippen LogP contribution in [0.15, 0.2) is 117 Å². The van der Waals surface area contributed by atoms with Gasteiger partial charge in [0.15, 0.2) is 21.3 Å². The number of alkyl halides is 6. The molecule has 0 spiro atoms. The van der Waals surface area contributed by atoms with Crippen molar-refractivity contribution in [2.45, 2.75) is 84.7 Å². The van der Waals surface area contributed by atoms with Gasteiger partial charge in [-0.05, 0) is 96.1 Å². The largest absolute Gasteiger partial charge is 0.744 e. The third-order valence-electron chi connectivity index (χ3n) is 5.82. The molecule has 4 rings (SSSR count). The first-order chi connectivity index (χ1) is 21.5. The van der Waals surface area contributed by atoms with E-state index in [1.165, 1.54) is 9.79 Å². The van der Waals surface area contributed by atoms with Gasteiger partial charge in [-0.3, -0.25) is 0 Å². The second-order valence-corrected chi connectivity index (χ2v) is 15.4. The minimum absolute atomic E-state index is 0.00597. The second kappa shape index (κ2) is 14.2. The average Bonchev–Trinajstić information content (AvgIpc) is 2.93. The number of hydrogen-bond donors (Lipinski definition) is 0. The van der Waals surface area contributed by atoms with E-state index in [-0.39, 0.29) is 34.2 Å². The zero-order valence-electron chi connectivity index (χ0n) is 26.4. The van der Waals surface area contributed by atoms with E-state index in [0.717, 1.165) is 16.4 Å². The van der Waals surface area contributed by atoms with Crippen LogP contribution in [0.2, 0.25) is 0 Å². The van der Waals surface area contributed by atoms with Gasteiger partial charge < -0.3 is 14.0 Å². The summed E-state index contributed by atoms with van der Waals surface area (Å²) in [5.41, 5.74) is -4.44. The molecule has 0 atom stereocenters. The van der Waals surface area contributed by atoms with Crippen LogP contribution in [0, 0.1) is 0 Å². The molecule has 0 aromatic heterocycles. The summed E-state index contributed by atoms with van der Waals surface area (Å²) in [5.74, 6) is 1.74. The highest BCUT2D eigenvalue weighted by molar-refractivity contribution is 7.97. The summed E-state index contributed by atoms with van der Waals surface area (Å²) in [6.45, 7) is 12.5. The maximum Gasteiger partial charge on any atom is 0.417 e. The molecule has 0 radical (unpaired) electrons. The number of halogens is 6. The number of ether oxygens (including phenoxy) is 2.